The molecule has 0 unspecified atom stereocenters. The number of esters is 1. The first-order chi connectivity index (χ1) is 13.9. The number of ether oxygens (including phenoxy) is 2. The Kier molecular flexibility index (Phi) is 5.22. The Bertz CT molecular complexity index is 927. The van der Waals surface area contributed by atoms with E-state index in [9.17, 15) is 9.90 Å². The average molecular weight is 392 g/mol. The minimum absolute atomic E-state index is 0.320. The maximum atomic E-state index is 13.1. The summed E-state index contributed by atoms with van der Waals surface area (Å²) in [4.78, 5) is 13.1. The number of rotatable bonds is 4. The van der Waals surface area contributed by atoms with Gasteiger partial charge in [0.25, 0.3) is 0 Å². The summed E-state index contributed by atoms with van der Waals surface area (Å²) < 4.78 is 12.3. The van der Waals surface area contributed by atoms with E-state index in [-0.39, 0.29) is 12.1 Å². The van der Waals surface area contributed by atoms with E-state index in [4.69, 9.17) is 9.47 Å². The molecule has 1 aliphatic heterocycles. The van der Waals surface area contributed by atoms with Gasteiger partial charge in [0.1, 0.15) is 12.2 Å². The molecule has 0 saturated heterocycles. The third kappa shape index (κ3) is 3.69. The predicted molar refractivity (Wildman–Crippen MR) is 112 cm³/mol. The van der Waals surface area contributed by atoms with Crippen LogP contribution in [0.25, 0.3) is 5.57 Å². The Morgan fingerprint density at radius 2 is 1.69 bits per heavy atom. The summed E-state index contributed by atoms with van der Waals surface area (Å²) in [7, 11) is 0. The summed E-state index contributed by atoms with van der Waals surface area (Å²) in [5, 5.41) is 10.0. The fourth-order valence-electron chi connectivity index (χ4n) is 4.72. The van der Waals surface area contributed by atoms with Gasteiger partial charge < -0.3 is 14.6 Å². The monoisotopic (exact) mass is 392 g/mol. The van der Waals surface area contributed by atoms with E-state index >= 15 is 0 Å². The molecular weight excluding hydrogens is 364 g/mol. The van der Waals surface area contributed by atoms with Gasteiger partial charge in [-0.25, -0.2) is 4.79 Å². The topological polar surface area (TPSA) is 55.8 Å². The summed E-state index contributed by atoms with van der Waals surface area (Å²) in [6.07, 6.45) is 2.02. The van der Waals surface area contributed by atoms with Crippen molar-refractivity contribution in [2.24, 2.45) is 0 Å². The van der Waals surface area contributed by atoms with E-state index in [0.717, 1.165) is 27.8 Å². The zero-order chi connectivity index (χ0) is 20.6. The van der Waals surface area contributed by atoms with E-state index in [1.54, 1.807) is 0 Å². The third-order valence-corrected chi connectivity index (χ3v) is 6.05. The van der Waals surface area contributed by atoms with Crippen LogP contribution >= 0.6 is 0 Å². The molecule has 0 atom stereocenters. The highest BCUT2D eigenvalue weighted by Crippen LogP contribution is 2.48. The molecule has 1 fully saturated rings. The molecular formula is C25H28O4. The first-order valence-corrected chi connectivity index (χ1v) is 10.3. The van der Waals surface area contributed by atoms with Gasteiger partial charge in [0, 0.05) is 0 Å². The van der Waals surface area contributed by atoms with Crippen molar-refractivity contribution in [3.63, 3.8) is 0 Å². The second kappa shape index (κ2) is 7.68. The summed E-state index contributed by atoms with van der Waals surface area (Å²) in [6.45, 7) is 6.49. The van der Waals surface area contributed by atoms with Crippen molar-refractivity contribution in [2.45, 2.75) is 64.8 Å². The number of carbonyl (C=O) groups excluding carboxylic acids is 1. The van der Waals surface area contributed by atoms with Crippen molar-refractivity contribution < 1.29 is 19.4 Å². The molecule has 1 N–H and O–H groups in total. The second-order valence-electron chi connectivity index (χ2n) is 8.37. The minimum atomic E-state index is -0.774. The van der Waals surface area contributed by atoms with Gasteiger partial charge in [-0.1, -0.05) is 48.0 Å². The second-order valence-corrected chi connectivity index (χ2v) is 8.37. The molecule has 0 aromatic heterocycles. The Morgan fingerprint density at radius 1 is 1.07 bits per heavy atom. The van der Waals surface area contributed by atoms with Crippen LogP contribution in [0, 0.1) is 20.8 Å². The first-order valence-electron chi connectivity index (χ1n) is 10.3. The highest BCUT2D eigenvalue weighted by Gasteiger charge is 2.51. The number of benzene rings is 2. The smallest absolute Gasteiger partial charge is 0.343 e. The summed E-state index contributed by atoms with van der Waals surface area (Å²) >= 11 is 0. The van der Waals surface area contributed by atoms with Gasteiger partial charge in [-0.05, 0) is 68.7 Å². The van der Waals surface area contributed by atoms with Crippen molar-refractivity contribution >= 4 is 11.5 Å². The molecule has 1 spiro atoms. The van der Waals surface area contributed by atoms with E-state index in [1.165, 1.54) is 0 Å². The van der Waals surface area contributed by atoms with Crippen LogP contribution < -0.4 is 0 Å². The maximum Gasteiger partial charge on any atom is 0.343 e. The van der Waals surface area contributed by atoms with Crippen molar-refractivity contribution in [1.82, 2.24) is 0 Å². The lowest BCUT2D eigenvalue weighted by Gasteiger charge is -2.35. The van der Waals surface area contributed by atoms with Gasteiger partial charge in [0.15, 0.2) is 11.4 Å². The summed E-state index contributed by atoms with van der Waals surface area (Å²) in [5.41, 5.74) is 4.98. The van der Waals surface area contributed by atoms with Gasteiger partial charge in [0.05, 0.1) is 6.10 Å². The highest BCUT2D eigenvalue weighted by atomic mass is 16.6. The fourth-order valence-corrected chi connectivity index (χ4v) is 4.72. The van der Waals surface area contributed by atoms with Gasteiger partial charge in [-0.15, -0.1) is 0 Å². The van der Waals surface area contributed by atoms with Crippen LogP contribution in [0.1, 0.15) is 53.5 Å². The van der Waals surface area contributed by atoms with Crippen molar-refractivity contribution in [2.75, 3.05) is 0 Å². The number of hydrogen-bond donors (Lipinski definition) is 1. The number of carbonyl (C=O) groups is 1. The number of aliphatic hydroxyl groups is 1. The molecule has 0 radical (unpaired) electrons. The highest BCUT2D eigenvalue weighted by molar-refractivity contribution is 6.20. The Labute approximate surface area is 172 Å². The molecule has 2 aromatic rings. The molecule has 1 aliphatic carbocycles. The third-order valence-electron chi connectivity index (χ3n) is 6.05. The first kappa shape index (κ1) is 19.7. The van der Waals surface area contributed by atoms with Crippen LogP contribution in [-0.2, 0) is 20.9 Å². The molecule has 0 bridgehead atoms. The van der Waals surface area contributed by atoms with Crippen LogP contribution in [0.15, 0.2) is 48.2 Å². The standard InChI is InChI=1S/C25H28O4/c1-16-13-17(2)21(18(3)14-16)22-23(28-15-19-7-5-4-6-8-19)25(29-24(22)27)11-9-20(26)10-12-25/h4-8,13-14,20,26H,9-12,15H2,1-3H3/t20-,25+. The molecule has 2 aliphatic rings. The Hall–Kier alpha value is -2.59. The molecule has 29 heavy (non-hydrogen) atoms. The van der Waals surface area contributed by atoms with E-state index in [0.29, 0.717) is 43.6 Å². The zero-order valence-corrected chi connectivity index (χ0v) is 17.3. The van der Waals surface area contributed by atoms with Crippen LogP contribution in [-0.4, -0.2) is 22.8 Å². The zero-order valence-electron chi connectivity index (χ0n) is 17.3. The molecule has 1 saturated carbocycles. The number of aliphatic hydroxyl groups excluding tert-OH is 1. The normalized spacial score (nSPS) is 24.1. The summed E-state index contributed by atoms with van der Waals surface area (Å²) in [5.74, 6) is 0.313. The van der Waals surface area contributed by atoms with Crippen molar-refractivity contribution in [1.29, 1.82) is 0 Å². The molecule has 2 aromatic carbocycles. The van der Waals surface area contributed by atoms with Crippen LogP contribution in [0.4, 0.5) is 0 Å². The maximum absolute atomic E-state index is 13.1. The molecule has 4 nitrogen and oxygen atoms in total. The van der Waals surface area contributed by atoms with E-state index < -0.39 is 5.60 Å². The van der Waals surface area contributed by atoms with Gasteiger partial charge in [0.2, 0.25) is 0 Å². The Morgan fingerprint density at radius 3 is 2.31 bits per heavy atom. The lowest BCUT2D eigenvalue weighted by molar-refractivity contribution is -0.152. The predicted octanol–water partition coefficient (Wildman–Crippen LogP) is 4.77. The van der Waals surface area contributed by atoms with E-state index in [2.05, 4.69) is 19.1 Å². The number of hydrogen-bond acceptors (Lipinski definition) is 4. The molecule has 1 heterocycles. The quantitative estimate of drug-likeness (QED) is 0.762. The van der Waals surface area contributed by atoms with Crippen molar-refractivity contribution in [3.8, 4) is 0 Å². The molecule has 4 heteroatoms. The van der Waals surface area contributed by atoms with E-state index in [1.807, 2.05) is 44.2 Å². The SMILES string of the molecule is Cc1cc(C)c(C2=C(OCc3ccccc3)[C@]3(CC[C@H](O)CC3)OC2=O)c(C)c1. The molecule has 4 rings (SSSR count). The molecule has 0 amide bonds. The Balaban J connectivity index is 1.81. The summed E-state index contributed by atoms with van der Waals surface area (Å²) in [6, 6.07) is 14.1. The van der Waals surface area contributed by atoms with Crippen LogP contribution in [0.5, 0.6) is 0 Å². The largest absolute Gasteiger partial charge is 0.488 e. The lowest BCUT2D eigenvalue weighted by atomic mass is 9.80. The average Bonchev–Trinajstić information content (AvgIpc) is 2.94. The molecule has 152 valence electrons. The van der Waals surface area contributed by atoms with Gasteiger partial charge in [-0.3, -0.25) is 0 Å². The van der Waals surface area contributed by atoms with Crippen molar-refractivity contribution in [3.05, 3.63) is 76.0 Å². The number of aryl methyl sites for hydroxylation is 3. The van der Waals surface area contributed by atoms with Gasteiger partial charge >= 0.3 is 5.97 Å². The van der Waals surface area contributed by atoms with Crippen LogP contribution in [0.3, 0.4) is 0 Å². The lowest BCUT2D eigenvalue weighted by Crippen LogP contribution is -2.39. The fraction of sp³-hybridized carbons (Fsp3) is 0.400. The van der Waals surface area contributed by atoms with Crippen LogP contribution in [0.2, 0.25) is 0 Å². The minimum Gasteiger partial charge on any atom is -0.488 e. The van der Waals surface area contributed by atoms with Gasteiger partial charge in [-0.2, -0.15) is 0 Å².